The van der Waals surface area contributed by atoms with Crippen LogP contribution >= 0.6 is 0 Å². The van der Waals surface area contributed by atoms with Crippen molar-refractivity contribution in [3.63, 3.8) is 0 Å². The lowest BCUT2D eigenvalue weighted by molar-refractivity contribution is -0.121. The number of fused-ring (bicyclic) bond motifs is 4. The van der Waals surface area contributed by atoms with Gasteiger partial charge < -0.3 is 24.8 Å². The summed E-state index contributed by atoms with van der Waals surface area (Å²) in [6.07, 6.45) is 0. The predicted molar refractivity (Wildman–Crippen MR) is 136 cm³/mol. The predicted octanol–water partition coefficient (Wildman–Crippen LogP) is 2.78. The molecule has 3 heterocycles. The van der Waals surface area contributed by atoms with E-state index >= 15 is 0 Å². The number of likely N-dealkylation sites (N-methyl/N-ethyl adjacent to an activating group) is 1. The molecule has 8 nitrogen and oxygen atoms in total. The van der Waals surface area contributed by atoms with Crippen LogP contribution in [0.1, 0.15) is 22.4 Å². The van der Waals surface area contributed by atoms with Gasteiger partial charge in [0.2, 0.25) is 11.8 Å². The molecule has 0 saturated heterocycles. The Morgan fingerprint density at radius 1 is 1.14 bits per heavy atom. The normalized spacial score (nSPS) is 18.2. The Labute approximate surface area is 213 Å². The minimum absolute atomic E-state index is 0.0710. The highest BCUT2D eigenvalue weighted by molar-refractivity contribution is 6.14. The van der Waals surface area contributed by atoms with Crippen molar-refractivity contribution in [1.82, 2.24) is 9.47 Å². The quantitative estimate of drug-likeness (QED) is 0.579. The first-order chi connectivity index (χ1) is 17.7. The molecule has 0 bridgehead atoms. The standard InChI is InChI=1S/C28H26FN5O3/c1-17-14-23-24(26(35)33(17)13-12-32(2)3)28(21(15-30)25(31)37-23)20-6-4-5-7-22(20)34(27(28)36)16-18-8-10-19(29)11-9-18/h4-11,14H,12-13,16,31H2,1-3H3. The van der Waals surface area contributed by atoms with Crippen LogP contribution in [0, 0.1) is 24.1 Å². The molecule has 2 N–H and O–H groups in total. The number of benzene rings is 2. The maximum absolute atomic E-state index is 14.5. The Bertz CT molecular complexity index is 1550. The lowest BCUT2D eigenvalue weighted by Gasteiger charge is -2.34. The molecule has 0 saturated carbocycles. The van der Waals surface area contributed by atoms with Crippen LogP contribution in [0.25, 0.3) is 0 Å². The third-order valence-corrected chi connectivity index (χ3v) is 6.99. The van der Waals surface area contributed by atoms with Gasteiger partial charge in [-0.25, -0.2) is 4.39 Å². The number of carbonyl (C=O) groups is 1. The minimum atomic E-state index is -1.77. The van der Waals surface area contributed by atoms with Crippen molar-refractivity contribution < 1.29 is 13.9 Å². The summed E-state index contributed by atoms with van der Waals surface area (Å²) in [5.41, 5.74) is 6.36. The van der Waals surface area contributed by atoms with Gasteiger partial charge in [-0.3, -0.25) is 9.59 Å². The Kier molecular flexibility index (Phi) is 5.85. The van der Waals surface area contributed by atoms with Gasteiger partial charge in [0.05, 0.1) is 12.1 Å². The highest BCUT2D eigenvalue weighted by atomic mass is 19.1. The number of aromatic nitrogens is 1. The number of aryl methyl sites for hydroxylation is 1. The molecule has 9 heteroatoms. The van der Waals surface area contributed by atoms with Crippen molar-refractivity contribution in [1.29, 1.82) is 5.26 Å². The molecule has 0 aliphatic carbocycles. The van der Waals surface area contributed by atoms with Crippen LogP contribution in [-0.2, 0) is 23.3 Å². The number of hydrogen-bond acceptors (Lipinski definition) is 6. The van der Waals surface area contributed by atoms with Crippen molar-refractivity contribution in [3.05, 3.63) is 105 Å². The summed E-state index contributed by atoms with van der Waals surface area (Å²) in [6, 6.07) is 16.7. The van der Waals surface area contributed by atoms with Crippen LogP contribution in [0.3, 0.4) is 0 Å². The van der Waals surface area contributed by atoms with E-state index < -0.39 is 16.9 Å². The number of pyridine rings is 1. The molecule has 1 unspecified atom stereocenters. The molecule has 2 aliphatic heterocycles. The van der Waals surface area contributed by atoms with E-state index in [0.29, 0.717) is 35.6 Å². The summed E-state index contributed by atoms with van der Waals surface area (Å²) in [5.74, 6) is -0.927. The number of nitriles is 1. The molecule has 1 atom stereocenters. The molecule has 2 aliphatic rings. The molecule has 188 valence electrons. The van der Waals surface area contributed by atoms with E-state index in [1.54, 1.807) is 54.0 Å². The zero-order chi connectivity index (χ0) is 26.5. The second-order valence-corrected chi connectivity index (χ2v) is 9.52. The number of carbonyl (C=O) groups excluding carboxylic acids is 1. The minimum Gasteiger partial charge on any atom is -0.440 e. The Morgan fingerprint density at radius 3 is 2.51 bits per heavy atom. The number of nitrogens with two attached hydrogens (primary N) is 1. The molecule has 37 heavy (non-hydrogen) atoms. The molecule has 0 radical (unpaired) electrons. The van der Waals surface area contributed by atoms with E-state index in [4.69, 9.17) is 10.5 Å². The van der Waals surface area contributed by atoms with Crippen molar-refractivity contribution in [2.45, 2.75) is 25.4 Å². The van der Waals surface area contributed by atoms with E-state index in [0.717, 1.165) is 0 Å². The molecular weight excluding hydrogens is 473 g/mol. The zero-order valence-corrected chi connectivity index (χ0v) is 20.8. The largest absolute Gasteiger partial charge is 0.440 e. The van der Waals surface area contributed by atoms with Gasteiger partial charge in [-0.2, -0.15) is 5.26 Å². The third kappa shape index (κ3) is 3.60. The Balaban J connectivity index is 1.79. The number of rotatable bonds is 5. The number of hydrogen-bond donors (Lipinski definition) is 1. The van der Waals surface area contributed by atoms with Gasteiger partial charge in [0, 0.05) is 36.1 Å². The van der Waals surface area contributed by atoms with E-state index in [9.17, 15) is 19.2 Å². The fraction of sp³-hybridized carbons (Fsp3) is 0.250. The number of amides is 1. The van der Waals surface area contributed by atoms with E-state index in [-0.39, 0.29) is 35.1 Å². The zero-order valence-electron chi connectivity index (χ0n) is 20.8. The topological polar surface area (TPSA) is 105 Å². The van der Waals surface area contributed by atoms with Gasteiger partial charge in [0.15, 0.2) is 5.41 Å². The van der Waals surface area contributed by atoms with Gasteiger partial charge in [-0.15, -0.1) is 0 Å². The summed E-state index contributed by atoms with van der Waals surface area (Å²) in [5, 5.41) is 10.3. The first-order valence-corrected chi connectivity index (χ1v) is 11.8. The van der Waals surface area contributed by atoms with E-state index in [2.05, 4.69) is 6.07 Å². The highest BCUT2D eigenvalue weighted by Crippen LogP contribution is 2.54. The average Bonchev–Trinajstić information content (AvgIpc) is 3.08. The highest BCUT2D eigenvalue weighted by Gasteiger charge is 2.60. The van der Waals surface area contributed by atoms with E-state index in [1.165, 1.54) is 17.0 Å². The molecule has 1 amide bonds. The number of ether oxygens (including phenoxy) is 1. The third-order valence-electron chi connectivity index (χ3n) is 6.99. The summed E-state index contributed by atoms with van der Waals surface area (Å²) >= 11 is 0. The Morgan fingerprint density at radius 2 is 1.84 bits per heavy atom. The van der Waals surface area contributed by atoms with Crippen molar-refractivity contribution in [2.24, 2.45) is 5.73 Å². The van der Waals surface area contributed by atoms with Crippen molar-refractivity contribution in [2.75, 3.05) is 25.5 Å². The lowest BCUT2D eigenvalue weighted by Crippen LogP contribution is -2.50. The van der Waals surface area contributed by atoms with Gasteiger partial charge in [0.1, 0.15) is 23.2 Å². The van der Waals surface area contributed by atoms with Gasteiger partial charge >= 0.3 is 0 Å². The number of nitrogens with zero attached hydrogens (tertiary/aromatic N) is 4. The lowest BCUT2D eigenvalue weighted by atomic mass is 9.69. The van der Waals surface area contributed by atoms with Crippen molar-refractivity contribution in [3.8, 4) is 11.8 Å². The van der Waals surface area contributed by atoms with Crippen molar-refractivity contribution >= 4 is 11.6 Å². The number of anilines is 1. The SMILES string of the molecule is Cc1cc2c(c(=O)n1CCN(C)C)C1(C(=O)N(Cc3ccc(F)cc3)c3ccccc31)C(C#N)=C(N)O2. The van der Waals surface area contributed by atoms with Crippen LogP contribution in [-0.4, -0.2) is 36.0 Å². The summed E-state index contributed by atoms with van der Waals surface area (Å²) in [7, 11) is 3.81. The van der Waals surface area contributed by atoms with Crippen LogP contribution in [0.5, 0.6) is 5.75 Å². The van der Waals surface area contributed by atoms with Crippen LogP contribution in [0.2, 0.25) is 0 Å². The molecule has 5 rings (SSSR count). The monoisotopic (exact) mass is 499 g/mol. The van der Waals surface area contributed by atoms with Gasteiger partial charge in [-0.1, -0.05) is 30.3 Å². The van der Waals surface area contributed by atoms with Gasteiger partial charge in [-0.05, 0) is 44.8 Å². The molecule has 1 spiro atoms. The van der Waals surface area contributed by atoms with Gasteiger partial charge in [0.25, 0.3) is 5.56 Å². The number of halogens is 1. The van der Waals surface area contributed by atoms with Crippen LogP contribution in [0.4, 0.5) is 10.1 Å². The maximum atomic E-state index is 14.5. The average molecular weight is 500 g/mol. The van der Waals surface area contributed by atoms with Crippen LogP contribution < -0.4 is 20.9 Å². The maximum Gasteiger partial charge on any atom is 0.259 e. The molecule has 1 aromatic heterocycles. The molecular formula is C28H26FN5O3. The Hall–Kier alpha value is -4.42. The summed E-state index contributed by atoms with van der Waals surface area (Å²) in [6.45, 7) is 2.89. The smallest absolute Gasteiger partial charge is 0.259 e. The van der Waals surface area contributed by atoms with E-state index in [1.807, 2.05) is 19.0 Å². The van der Waals surface area contributed by atoms with Crippen LogP contribution in [0.15, 0.2) is 70.8 Å². The fourth-order valence-electron chi connectivity index (χ4n) is 5.23. The molecule has 2 aromatic carbocycles. The first-order valence-electron chi connectivity index (χ1n) is 11.8. The summed E-state index contributed by atoms with van der Waals surface area (Å²) in [4.78, 5) is 32.1. The number of para-hydroxylation sites is 1. The molecule has 3 aromatic rings. The first kappa shape index (κ1) is 24.3. The fourth-order valence-corrected chi connectivity index (χ4v) is 5.23. The molecule has 0 fully saturated rings. The second kappa shape index (κ2) is 8.91. The second-order valence-electron chi connectivity index (χ2n) is 9.52. The summed E-state index contributed by atoms with van der Waals surface area (Å²) < 4.78 is 20.9.